The first-order valence-corrected chi connectivity index (χ1v) is 12.1. The summed E-state index contributed by atoms with van der Waals surface area (Å²) in [5, 5.41) is 9.83. The summed E-state index contributed by atoms with van der Waals surface area (Å²) in [4.78, 5) is 33.9. The number of nitrogens with two attached hydrogens (primary N) is 1. The molecule has 1 aromatic heterocycles. The molecule has 2 amide bonds. The summed E-state index contributed by atoms with van der Waals surface area (Å²) < 4.78 is 0. The molecule has 2 saturated heterocycles. The van der Waals surface area contributed by atoms with Crippen LogP contribution < -0.4 is 10.6 Å². The average Bonchev–Trinajstić information content (AvgIpc) is 3.15. The highest BCUT2D eigenvalue weighted by atomic mass is 16.3. The topological polar surface area (TPSA) is 99.8 Å². The largest absolute Gasteiger partial charge is 0.393 e. The number of rotatable bonds is 4. The van der Waals surface area contributed by atoms with E-state index in [-0.39, 0.29) is 17.6 Å². The second-order valence-corrected chi connectivity index (χ2v) is 9.86. The van der Waals surface area contributed by atoms with Crippen molar-refractivity contribution in [2.45, 2.75) is 57.1 Å². The molecule has 1 atom stereocenters. The van der Waals surface area contributed by atoms with Crippen molar-refractivity contribution in [1.29, 1.82) is 0 Å². The molecule has 3 N–H and O–H groups in total. The quantitative estimate of drug-likeness (QED) is 0.749. The molecule has 3 aliphatic rings. The fourth-order valence-electron chi connectivity index (χ4n) is 5.84. The minimum Gasteiger partial charge on any atom is -0.393 e. The Labute approximate surface area is 194 Å². The predicted molar refractivity (Wildman–Crippen MR) is 127 cm³/mol. The first-order valence-electron chi connectivity index (χ1n) is 12.1. The number of benzene rings is 1. The minimum absolute atomic E-state index is 0.201. The van der Waals surface area contributed by atoms with Crippen molar-refractivity contribution in [1.82, 2.24) is 9.88 Å². The molecule has 7 heteroatoms. The molecule has 3 heterocycles. The molecule has 3 fully saturated rings. The third kappa shape index (κ3) is 4.22. The van der Waals surface area contributed by atoms with Gasteiger partial charge in [0, 0.05) is 43.0 Å². The van der Waals surface area contributed by atoms with Crippen LogP contribution in [0.3, 0.4) is 0 Å². The Morgan fingerprint density at radius 1 is 1.00 bits per heavy atom. The van der Waals surface area contributed by atoms with Crippen molar-refractivity contribution in [2.24, 2.45) is 11.1 Å². The Bertz CT molecular complexity index is 1010. The SMILES string of the molecule is NC(=O)c1ccc(-c2ccc(N3CCC[C@@]4(CCN(C5CCC(O)CC5)C4=O)C3)nc2)cc1. The highest BCUT2D eigenvalue weighted by Gasteiger charge is 2.50. The van der Waals surface area contributed by atoms with Gasteiger partial charge in [0.25, 0.3) is 0 Å². The summed E-state index contributed by atoms with van der Waals surface area (Å²) in [6, 6.07) is 11.6. The number of carbonyl (C=O) groups excluding carboxylic acids is 2. The fourth-order valence-corrected chi connectivity index (χ4v) is 5.84. The summed E-state index contributed by atoms with van der Waals surface area (Å²) in [5.74, 6) is 0.772. The Hall–Kier alpha value is -2.93. The maximum atomic E-state index is 13.5. The van der Waals surface area contributed by atoms with E-state index in [1.807, 2.05) is 30.5 Å². The Kier molecular flexibility index (Phi) is 5.83. The average molecular weight is 449 g/mol. The highest BCUT2D eigenvalue weighted by Crippen LogP contribution is 2.43. The fraction of sp³-hybridized carbons (Fsp3) is 0.500. The van der Waals surface area contributed by atoms with Crippen LogP contribution in [0.4, 0.5) is 5.82 Å². The van der Waals surface area contributed by atoms with E-state index in [0.29, 0.717) is 11.5 Å². The van der Waals surface area contributed by atoms with Crippen molar-refractivity contribution in [3.05, 3.63) is 48.2 Å². The number of aromatic nitrogens is 1. The molecule has 1 aromatic carbocycles. The molecular weight excluding hydrogens is 416 g/mol. The lowest BCUT2D eigenvalue weighted by Crippen LogP contribution is -2.50. The van der Waals surface area contributed by atoms with Gasteiger partial charge in [-0.2, -0.15) is 0 Å². The molecule has 5 rings (SSSR count). The summed E-state index contributed by atoms with van der Waals surface area (Å²) in [5.41, 5.74) is 7.46. The molecule has 2 aliphatic heterocycles. The van der Waals surface area contributed by atoms with Gasteiger partial charge in [-0.3, -0.25) is 9.59 Å². The predicted octanol–water partition coefficient (Wildman–Crippen LogP) is 2.97. The molecule has 1 saturated carbocycles. The van der Waals surface area contributed by atoms with E-state index in [9.17, 15) is 14.7 Å². The molecule has 0 bridgehead atoms. The number of piperidine rings is 1. The second kappa shape index (κ2) is 8.78. The Morgan fingerprint density at radius 2 is 1.73 bits per heavy atom. The van der Waals surface area contributed by atoms with Gasteiger partial charge in [0.1, 0.15) is 5.82 Å². The lowest BCUT2D eigenvalue weighted by Gasteiger charge is -2.41. The number of pyridine rings is 1. The first-order chi connectivity index (χ1) is 15.9. The molecule has 1 aliphatic carbocycles. The lowest BCUT2D eigenvalue weighted by atomic mass is 9.78. The van der Waals surface area contributed by atoms with Gasteiger partial charge in [-0.1, -0.05) is 12.1 Å². The van der Waals surface area contributed by atoms with E-state index in [0.717, 1.165) is 81.5 Å². The van der Waals surface area contributed by atoms with E-state index in [1.54, 1.807) is 12.1 Å². The summed E-state index contributed by atoms with van der Waals surface area (Å²) >= 11 is 0. The minimum atomic E-state index is -0.435. The second-order valence-electron chi connectivity index (χ2n) is 9.86. The zero-order valence-corrected chi connectivity index (χ0v) is 18.9. The summed E-state index contributed by atoms with van der Waals surface area (Å²) in [6.45, 7) is 2.46. The van der Waals surface area contributed by atoms with Crippen LogP contribution in [0.15, 0.2) is 42.6 Å². The summed E-state index contributed by atoms with van der Waals surface area (Å²) in [7, 11) is 0. The molecule has 33 heavy (non-hydrogen) atoms. The number of hydrogen-bond acceptors (Lipinski definition) is 5. The van der Waals surface area contributed by atoms with Gasteiger partial charge in [0.05, 0.1) is 11.5 Å². The molecular formula is C26H32N4O3. The normalized spacial score (nSPS) is 27.8. The van der Waals surface area contributed by atoms with E-state index in [1.165, 1.54) is 0 Å². The van der Waals surface area contributed by atoms with E-state index in [4.69, 9.17) is 10.7 Å². The molecule has 174 valence electrons. The summed E-state index contributed by atoms with van der Waals surface area (Å²) in [6.07, 6.45) is 7.92. The van der Waals surface area contributed by atoms with Crippen molar-refractivity contribution >= 4 is 17.6 Å². The van der Waals surface area contributed by atoms with Gasteiger partial charge >= 0.3 is 0 Å². The number of aliphatic hydroxyl groups is 1. The van der Waals surface area contributed by atoms with Crippen LogP contribution in [0.1, 0.15) is 55.3 Å². The standard InChI is InChI=1S/C26H32N4O3/c27-24(32)19-4-2-18(3-5-19)20-6-11-23(28-16-20)29-14-1-12-26(17-29)13-15-30(25(26)33)21-7-9-22(31)10-8-21/h2-6,11,16,21-22,31H,1,7-10,12-15,17H2,(H2,27,32)/t21?,22?,26-/m1/s1. The van der Waals surface area contributed by atoms with Gasteiger partial charge in [-0.15, -0.1) is 0 Å². The van der Waals surface area contributed by atoms with Crippen LogP contribution in [0.2, 0.25) is 0 Å². The third-order valence-electron chi connectivity index (χ3n) is 7.80. The van der Waals surface area contributed by atoms with Crippen LogP contribution in [-0.4, -0.2) is 58.6 Å². The number of nitrogens with zero attached hydrogens (tertiary/aromatic N) is 3. The molecule has 0 unspecified atom stereocenters. The number of likely N-dealkylation sites (tertiary alicyclic amines) is 1. The van der Waals surface area contributed by atoms with Crippen LogP contribution in [0, 0.1) is 5.41 Å². The van der Waals surface area contributed by atoms with E-state index >= 15 is 0 Å². The Balaban J connectivity index is 1.28. The van der Waals surface area contributed by atoms with Crippen LogP contribution in [0.25, 0.3) is 11.1 Å². The number of primary amides is 1. The van der Waals surface area contributed by atoms with Crippen molar-refractivity contribution in [2.75, 3.05) is 24.5 Å². The molecule has 7 nitrogen and oxygen atoms in total. The van der Waals surface area contributed by atoms with Gasteiger partial charge in [0.15, 0.2) is 0 Å². The third-order valence-corrected chi connectivity index (χ3v) is 7.80. The van der Waals surface area contributed by atoms with Crippen molar-refractivity contribution in [3.63, 3.8) is 0 Å². The van der Waals surface area contributed by atoms with Gasteiger partial charge in [-0.25, -0.2) is 4.98 Å². The van der Waals surface area contributed by atoms with E-state index in [2.05, 4.69) is 9.80 Å². The number of hydrogen-bond donors (Lipinski definition) is 2. The molecule has 1 spiro atoms. The van der Waals surface area contributed by atoms with E-state index < -0.39 is 5.91 Å². The lowest BCUT2D eigenvalue weighted by molar-refractivity contribution is -0.139. The van der Waals surface area contributed by atoms with Gasteiger partial charge in [0.2, 0.25) is 11.8 Å². The zero-order chi connectivity index (χ0) is 23.0. The maximum absolute atomic E-state index is 13.5. The zero-order valence-electron chi connectivity index (χ0n) is 18.9. The smallest absolute Gasteiger partial charge is 0.248 e. The first kappa shape index (κ1) is 21.9. The van der Waals surface area contributed by atoms with Crippen LogP contribution in [-0.2, 0) is 4.79 Å². The van der Waals surface area contributed by atoms with Crippen molar-refractivity contribution < 1.29 is 14.7 Å². The monoisotopic (exact) mass is 448 g/mol. The maximum Gasteiger partial charge on any atom is 0.248 e. The Morgan fingerprint density at radius 3 is 2.39 bits per heavy atom. The molecule has 0 radical (unpaired) electrons. The van der Waals surface area contributed by atoms with Gasteiger partial charge < -0.3 is 20.6 Å². The van der Waals surface area contributed by atoms with Crippen LogP contribution in [0.5, 0.6) is 0 Å². The molecule has 2 aromatic rings. The van der Waals surface area contributed by atoms with Crippen molar-refractivity contribution in [3.8, 4) is 11.1 Å². The number of amides is 2. The number of carbonyl (C=O) groups is 2. The highest BCUT2D eigenvalue weighted by molar-refractivity contribution is 5.93. The van der Waals surface area contributed by atoms with Gasteiger partial charge in [-0.05, 0) is 74.8 Å². The number of anilines is 1. The van der Waals surface area contributed by atoms with Crippen LogP contribution >= 0.6 is 0 Å². The number of aliphatic hydroxyl groups excluding tert-OH is 1.